The Morgan fingerprint density at radius 3 is 3.00 bits per heavy atom. The summed E-state index contributed by atoms with van der Waals surface area (Å²) in [4.78, 5) is 11.1. The van der Waals surface area contributed by atoms with Crippen molar-refractivity contribution in [3.8, 4) is 5.88 Å². The Morgan fingerprint density at radius 2 is 2.44 bits per heavy atom. The summed E-state index contributed by atoms with van der Waals surface area (Å²) < 4.78 is 8.80. The molecule has 8 heteroatoms. The number of ether oxygens (including phenoxy) is 1. The van der Waals surface area contributed by atoms with Gasteiger partial charge in [0.05, 0.1) is 0 Å². The molecule has 2 N–H and O–H groups in total. The van der Waals surface area contributed by atoms with E-state index in [9.17, 15) is 10.0 Å². The molecule has 1 amide bonds. The highest BCUT2D eigenvalue weighted by Gasteiger charge is 2.23. The summed E-state index contributed by atoms with van der Waals surface area (Å²) in [5.41, 5.74) is -0.130. The lowest BCUT2D eigenvalue weighted by molar-refractivity contribution is -0.804. The largest absolute Gasteiger partial charge is 0.415 e. The Morgan fingerprint density at radius 1 is 1.75 bits per heavy atom. The van der Waals surface area contributed by atoms with Crippen LogP contribution in [0.15, 0.2) is 4.63 Å². The van der Waals surface area contributed by atoms with Crippen LogP contribution in [-0.4, -0.2) is 22.9 Å². The number of hydrogen-bond acceptors (Lipinski definition) is 6. The normalized spacial score (nSPS) is 10.5. The highest BCUT2D eigenvalue weighted by atomic mass is 16.8. The van der Waals surface area contributed by atoms with Crippen molar-refractivity contribution in [3.05, 3.63) is 10.9 Å². The lowest BCUT2D eigenvalue weighted by Gasteiger charge is -2.06. The smallest absolute Gasteiger partial charge is 0.387 e. The zero-order valence-electron chi connectivity index (χ0n) is 8.97. The standard InChI is InChI=1S/C8H13N3O5/c1-5(2)3-9-8(13)15-7-6(4-12)10-16-11(7)14/h5,12H,3-4H2,1-2H3,(H,9,13). The van der Waals surface area contributed by atoms with Gasteiger partial charge in [-0.15, -0.1) is 0 Å². The third-order valence-electron chi connectivity index (χ3n) is 1.63. The zero-order valence-corrected chi connectivity index (χ0v) is 8.97. The number of aliphatic hydroxyl groups is 1. The summed E-state index contributed by atoms with van der Waals surface area (Å²) in [5.74, 6) is -0.199. The van der Waals surface area contributed by atoms with Crippen molar-refractivity contribution in [2.24, 2.45) is 5.92 Å². The van der Waals surface area contributed by atoms with Crippen LogP contribution in [0.5, 0.6) is 5.88 Å². The fraction of sp³-hybridized carbons (Fsp3) is 0.625. The summed E-state index contributed by atoms with van der Waals surface area (Å²) in [5, 5.41) is 25.4. The molecular weight excluding hydrogens is 218 g/mol. The maximum Gasteiger partial charge on any atom is 0.415 e. The van der Waals surface area contributed by atoms with Gasteiger partial charge in [0, 0.05) is 11.7 Å². The number of aromatic nitrogens is 2. The Kier molecular flexibility index (Phi) is 4.06. The molecule has 0 spiro atoms. The van der Waals surface area contributed by atoms with Crippen molar-refractivity contribution in [2.75, 3.05) is 6.54 Å². The van der Waals surface area contributed by atoms with Crippen LogP contribution >= 0.6 is 0 Å². The van der Waals surface area contributed by atoms with Crippen LogP contribution in [-0.2, 0) is 6.61 Å². The maximum atomic E-state index is 11.2. The molecule has 0 bridgehead atoms. The van der Waals surface area contributed by atoms with E-state index in [0.29, 0.717) is 6.54 Å². The second-order valence-corrected chi connectivity index (χ2v) is 3.50. The molecule has 16 heavy (non-hydrogen) atoms. The number of nitrogens with one attached hydrogen (secondary N) is 1. The lowest BCUT2D eigenvalue weighted by Crippen LogP contribution is -2.35. The van der Waals surface area contributed by atoms with Crippen molar-refractivity contribution in [2.45, 2.75) is 20.5 Å². The fourth-order valence-electron chi connectivity index (χ4n) is 0.872. The second-order valence-electron chi connectivity index (χ2n) is 3.50. The molecule has 0 unspecified atom stereocenters. The van der Waals surface area contributed by atoms with Gasteiger partial charge in [0.2, 0.25) is 0 Å². The first-order valence-electron chi connectivity index (χ1n) is 4.69. The number of rotatable bonds is 4. The molecule has 1 aromatic rings. The molecule has 0 saturated heterocycles. The van der Waals surface area contributed by atoms with Crippen molar-refractivity contribution in [1.29, 1.82) is 0 Å². The van der Waals surface area contributed by atoms with Crippen LogP contribution < -0.4 is 15.0 Å². The van der Waals surface area contributed by atoms with Gasteiger partial charge in [-0.2, -0.15) is 0 Å². The van der Waals surface area contributed by atoms with E-state index in [1.54, 1.807) is 0 Å². The molecule has 0 aliphatic heterocycles. The van der Waals surface area contributed by atoms with Crippen molar-refractivity contribution in [3.63, 3.8) is 0 Å². The van der Waals surface area contributed by atoms with E-state index in [1.165, 1.54) is 0 Å². The van der Waals surface area contributed by atoms with Crippen molar-refractivity contribution >= 4 is 6.09 Å². The van der Waals surface area contributed by atoms with E-state index in [0.717, 1.165) is 0 Å². The van der Waals surface area contributed by atoms with E-state index < -0.39 is 18.6 Å². The van der Waals surface area contributed by atoms with Gasteiger partial charge in [0.15, 0.2) is 0 Å². The zero-order chi connectivity index (χ0) is 12.1. The quantitative estimate of drug-likeness (QED) is 0.678. The van der Waals surface area contributed by atoms with Crippen molar-refractivity contribution in [1.82, 2.24) is 10.5 Å². The summed E-state index contributed by atoms with van der Waals surface area (Å²) >= 11 is 0. The molecule has 1 rings (SSSR count). The average molecular weight is 231 g/mol. The third-order valence-corrected chi connectivity index (χ3v) is 1.63. The summed E-state index contributed by atoms with van der Waals surface area (Å²) in [7, 11) is 0. The van der Waals surface area contributed by atoms with Gasteiger partial charge in [-0.3, -0.25) is 4.63 Å². The van der Waals surface area contributed by atoms with E-state index in [1.807, 2.05) is 13.8 Å². The minimum atomic E-state index is -0.795. The monoisotopic (exact) mass is 231 g/mol. The van der Waals surface area contributed by atoms with Crippen LogP contribution in [0, 0.1) is 11.1 Å². The summed E-state index contributed by atoms with van der Waals surface area (Å²) in [6, 6.07) is 0. The van der Waals surface area contributed by atoms with E-state index in [2.05, 4.69) is 19.8 Å². The van der Waals surface area contributed by atoms with Crippen LogP contribution in [0.1, 0.15) is 19.5 Å². The molecule has 0 aliphatic carbocycles. The molecule has 0 fully saturated rings. The molecule has 0 aliphatic rings. The summed E-state index contributed by atoms with van der Waals surface area (Å²) in [6.45, 7) is 3.68. The number of amides is 1. The second kappa shape index (κ2) is 5.31. The number of nitrogens with zero attached hydrogens (tertiary/aromatic N) is 2. The summed E-state index contributed by atoms with van der Waals surface area (Å²) in [6.07, 6.45) is -0.795. The SMILES string of the molecule is CC(C)CNC(=O)Oc1c(CO)no[n+]1[O-]. The topological polar surface area (TPSA) is 112 Å². The highest BCUT2D eigenvalue weighted by molar-refractivity contribution is 5.69. The van der Waals surface area contributed by atoms with Crippen LogP contribution in [0.3, 0.4) is 0 Å². The number of aliphatic hydroxyl groups excluding tert-OH is 1. The number of carbonyl (C=O) groups is 1. The number of carbonyl (C=O) groups excluding carboxylic acids is 1. The molecule has 0 saturated carbocycles. The average Bonchev–Trinajstić information content (AvgIpc) is 2.57. The van der Waals surface area contributed by atoms with Crippen molar-refractivity contribution < 1.29 is 24.2 Å². The number of hydrogen-bond donors (Lipinski definition) is 2. The predicted molar refractivity (Wildman–Crippen MR) is 50.3 cm³/mol. The minimum Gasteiger partial charge on any atom is -0.387 e. The molecule has 1 heterocycles. The molecular formula is C8H13N3O5. The van der Waals surface area contributed by atoms with E-state index >= 15 is 0 Å². The van der Waals surface area contributed by atoms with Gasteiger partial charge in [0.1, 0.15) is 6.61 Å². The van der Waals surface area contributed by atoms with Gasteiger partial charge in [-0.1, -0.05) is 13.8 Å². The molecule has 8 nitrogen and oxygen atoms in total. The first-order chi connectivity index (χ1) is 7.54. The molecule has 0 radical (unpaired) electrons. The Labute approximate surface area is 91.3 Å². The van der Waals surface area contributed by atoms with Crippen LogP contribution in [0.2, 0.25) is 0 Å². The predicted octanol–water partition coefficient (Wildman–Crippen LogP) is -0.455. The fourth-order valence-corrected chi connectivity index (χ4v) is 0.872. The van der Waals surface area contributed by atoms with Gasteiger partial charge in [0.25, 0.3) is 5.69 Å². The molecule has 0 atom stereocenters. The van der Waals surface area contributed by atoms with Crippen LogP contribution in [0.25, 0.3) is 0 Å². The van der Waals surface area contributed by atoms with Gasteiger partial charge in [-0.05, 0) is 10.8 Å². The Balaban J connectivity index is 2.58. The molecule has 1 aromatic heterocycles. The van der Waals surface area contributed by atoms with Crippen LogP contribution in [0.4, 0.5) is 4.79 Å². The first-order valence-corrected chi connectivity index (χ1v) is 4.69. The lowest BCUT2D eigenvalue weighted by atomic mass is 10.2. The van der Waals surface area contributed by atoms with Gasteiger partial charge >= 0.3 is 12.0 Å². The highest BCUT2D eigenvalue weighted by Crippen LogP contribution is 2.09. The van der Waals surface area contributed by atoms with Gasteiger partial charge < -0.3 is 20.4 Å². The van der Waals surface area contributed by atoms with E-state index in [4.69, 9.17) is 5.11 Å². The molecule has 90 valence electrons. The Bertz CT molecular complexity index is 363. The minimum absolute atomic E-state index is 0.0828. The van der Waals surface area contributed by atoms with Gasteiger partial charge in [-0.25, -0.2) is 4.79 Å². The maximum absolute atomic E-state index is 11.2. The third kappa shape index (κ3) is 3.09. The molecule has 0 aromatic carbocycles. The first kappa shape index (κ1) is 12.2. The van der Waals surface area contributed by atoms with E-state index in [-0.39, 0.29) is 16.5 Å². The Hall–Kier alpha value is -1.83.